The Morgan fingerprint density at radius 1 is 0.953 bits per heavy atom. The predicted octanol–water partition coefficient (Wildman–Crippen LogP) is 5.37. The molecule has 3 aliphatic rings. The Hall–Kier alpha value is -4.65. The summed E-state index contributed by atoms with van der Waals surface area (Å²) in [5.41, 5.74) is 6.86. The molecule has 3 heterocycles. The highest BCUT2D eigenvalue weighted by Crippen LogP contribution is 2.46. The van der Waals surface area contributed by atoms with Crippen molar-refractivity contribution in [3.05, 3.63) is 118 Å². The van der Waals surface area contributed by atoms with Gasteiger partial charge in [-0.3, -0.25) is 14.4 Å². The molecule has 3 atom stereocenters. The Labute approximate surface area is 251 Å². The highest BCUT2D eigenvalue weighted by molar-refractivity contribution is 6.04. The average molecular weight is 573 g/mol. The number of H-pyrrole nitrogens is 1. The Balaban J connectivity index is 1.17. The van der Waals surface area contributed by atoms with Gasteiger partial charge in [0.15, 0.2) is 0 Å². The first-order valence-electron chi connectivity index (χ1n) is 15.4. The topological polar surface area (TPSA) is 94.3 Å². The molecule has 0 saturated carbocycles. The maximum absolute atomic E-state index is 14.2. The lowest BCUT2D eigenvalue weighted by Gasteiger charge is -2.37. The number of hydrogen-bond acceptors (Lipinski definition) is 3. The molecule has 0 bridgehead atoms. The fourth-order valence-electron chi connectivity index (χ4n) is 7.07. The monoisotopic (exact) mass is 572 g/mol. The zero-order valence-electron chi connectivity index (χ0n) is 24.1. The van der Waals surface area contributed by atoms with Crippen molar-refractivity contribution in [3.63, 3.8) is 0 Å². The molecular formula is C36H36N4O3. The van der Waals surface area contributed by atoms with E-state index in [4.69, 9.17) is 0 Å². The first kappa shape index (κ1) is 27.2. The van der Waals surface area contributed by atoms with Crippen LogP contribution in [-0.2, 0) is 22.4 Å². The fourth-order valence-corrected chi connectivity index (χ4v) is 7.07. The quantitative estimate of drug-likeness (QED) is 0.248. The molecule has 0 spiro atoms. The number of allylic oxidation sites excluding steroid dienone is 1. The number of carbonyl (C=O) groups is 3. The highest BCUT2D eigenvalue weighted by Gasteiger charge is 2.49. The van der Waals surface area contributed by atoms with E-state index in [-0.39, 0.29) is 23.8 Å². The number of amides is 3. The van der Waals surface area contributed by atoms with Crippen molar-refractivity contribution in [1.82, 2.24) is 20.5 Å². The molecule has 7 rings (SSSR count). The number of rotatable bonds is 8. The van der Waals surface area contributed by atoms with Gasteiger partial charge in [0.25, 0.3) is 5.91 Å². The summed E-state index contributed by atoms with van der Waals surface area (Å²) in [7, 11) is 0. The SMILES string of the molecule is O=C(NCCC1=CCCCC1)[C@H](Cc1ccccc1)NC(=O)[C@@H]1Cc2c([nH]c3ccccc23)[C@H]2c3ccccc3C(=O)N21. The maximum Gasteiger partial charge on any atom is 0.255 e. The normalized spacial score (nSPS) is 19.7. The Bertz CT molecular complexity index is 1720. The summed E-state index contributed by atoms with van der Waals surface area (Å²) in [4.78, 5) is 46.9. The summed E-state index contributed by atoms with van der Waals surface area (Å²) in [6.07, 6.45) is 8.48. The number of para-hydroxylation sites is 1. The molecule has 1 aliphatic carbocycles. The summed E-state index contributed by atoms with van der Waals surface area (Å²) in [5, 5.41) is 7.23. The zero-order valence-corrected chi connectivity index (χ0v) is 24.1. The van der Waals surface area contributed by atoms with E-state index < -0.39 is 12.1 Å². The molecule has 1 aromatic heterocycles. The van der Waals surface area contributed by atoms with E-state index in [0.717, 1.165) is 52.5 Å². The van der Waals surface area contributed by atoms with Crippen LogP contribution in [0.1, 0.15) is 70.9 Å². The number of aromatic amines is 1. The fraction of sp³-hybridized carbons (Fsp3) is 0.306. The summed E-state index contributed by atoms with van der Waals surface area (Å²) in [6.45, 7) is 0.538. The van der Waals surface area contributed by atoms with Crippen LogP contribution < -0.4 is 10.6 Å². The minimum absolute atomic E-state index is 0.158. The number of carbonyl (C=O) groups excluding carboxylic acids is 3. The van der Waals surface area contributed by atoms with Gasteiger partial charge in [-0.1, -0.05) is 78.4 Å². The number of hydrogen-bond donors (Lipinski definition) is 3. The lowest BCUT2D eigenvalue weighted by atomic mass is 9.89. The van der Waals surface area contributed by atoms with Crippen molar-refractivity contribution >= 4 is 28.6 Å². The van der Waals surface area contributed by atoms with Crippen LogP contribution in [-0.4, -0.2) is 46.2 Å². The number of benzene rings is 3. The molecule has 43 heavy (non-hydrogen) atoms. The first-order valence-corrected chi connectivity index (χ1v) is 15.4. The second kappa shape index (κ2) is 11.6. The molecule has 3 N–H and O–H groups in total. The van der Waals surface area contributed by atoms with Crippen LogP contribution in [0.15, 0.2) is 90.5 Å². The Morgan fingerprint density at radius 2 is 1.74 bits per heavy atom. The highest BCUT2D eigenvalue weighted by atomic mass is 16.2. The van der Waals surface area contributed by atoms with E-state index in [9.17, 15) is 14.4 Å². The third-order valence-electron chi connectivity index (χ3n) is 9.20. The molecule has 0 saturated heterocycles. The molecule has 3 aromatic carbocycles. The Kier molecular flexibility index (Phi) is 7.31. The molecule has 0 radical (unpaired) electrons. The van der Waals surface area contributed by atoms with Crippen LogP contribution in [0.25, 0.3) is 10.9 Å². The summed E-state index contributed by atoms with van der Waals surface area (Å²) < 4.78 is 0. The molecule has 218 valence electrons. The van der Waals surface area contributed by atoms with Crippen molar-refractivity contribution in [2.75, 3.05) is 6.54 Å². The van der Waals surface area contributed by atoms with Crippen LogP contribution in [0, 0.1) is 0 Å². The lowest BCUT2D eigenvalue weighted by molar-refractivity contribution is -0.132. The van der Waals surface area contributed by atoms with Gasteiger partial charge in [-0.2, -0.15) is 0 Å². The minimum atomic E-state index is -0.766. The lowest BCUT2D eigenvalue weighted by Crippen LogP contribution is -2.57. The van der Waals surface area contributed by atoms with Gasteiger partial charge in [0.1, 0.15) is 12.1 Å². The van der Waals surface area contributed by atoms with Crippen molar-refractivity contribution < 1.29 is 14.4 Å². The molecule has 7 nitrogen and oxygen atoms in total. The summed E-state index contributed by atoms with van der Waals surface area (Å²) in [5.74, 6) is -0.673. The third-order valence-corrected chi connectivity index (χ3v) is 9.20. The van der Waals surface area contributed by atoms with Gasteiger partial charge in [-0.25, -0.2) is 0 Å². The van der Waals surface area contributed by atoms with Crippen LogP contribution in [0.2, 0.25) is 0 Å². The molecule has 0 fully saturated rings. The predicted molar refractivity (Wildman–Crippen MR) is 166 cm³/mol. The Morgan fingerprint density at radius 3 is 2.58 bits per heavy atom. The van der Waals surface area contributed by atoms with Crippen molar-refractivity contribution in [2.24, 2.45) is 0 Å². The van der Waals surface area contributed by atoms with Crippen LogP contribution in [0.3, 0.4) is 0 Å². The van der Waals surface area contributed by atoms with Gasteiger partial charge in [0.05, 0.1) is 6.04 Å². The average Bonchev–Trinajstić information content (AvgIpc) is 3.56. The standard InChI is InChI=1S/C36H36N4O3/c41-34(37-20-19-23-11-3-1-4-12-23)30(21-24-13-5-2-6-14-24)39-35(42)31-22-28-25-15-9-10-18-29(25)38-32(28)33-26-16-7-8-17-27(26)36(43)40(31)33/h2,5-11,13-18,30-31,33,38H,1,3-4,12,19-22H2,(H,37,41)(H,39,42)/t30-,31-,33+/m0/s1. The van der Waals surface area contributed by atoms with Gasteiger partial charge in [-0.05, 0) is 60.9 Å². The summed E-state index contributed by atoms with van der Waals surface area (Å²) >= 11 is 0. The number of nitrogens with zero attached hydrogens (tertiary/aromatic N) is 1. The van der Waals surface area contributed by atoms with Crippen molar-refractivity contribution in [3.8, 4) is 0 Å². The largest absolute Gasteiger partial charge is 0.356 e. The number of nitrogens with one attached hydrogen (secondary N) is 3. The minimum Gasteiger partial charge on any atom is -0.356 e. The zero-order chi connectivity index (χ0) is 29.3. The maximum atomic E-state index is 14.2. The van der Waals surface area contributed by atoms with E-state index in [2.05, 4.69) is 27.8 Å². The molecule has 3 amide bonds. The van der Waals surface area contributed by atoms with E-state index in [1.807, 2.05) is 72.8 Å². The third kappa shape index (κ3) is 5.13. The first-order chi connectivity index (χ1) is 21.1. The second-order valence-corrected chi connectivity index (χ2v) is 11.9. The summed E-state index contributed by atoms with van der Waals surface area (Å²) in [6, 6.07) is 23.5. The second-order valence-electron chi connectivity index (χ2n) is 11.9. The van der Waals surface area contributed by atoms with Crippen LogP contribution in [0.5, 0.6) is 0 Å². The molecular weight excluding hydrogens is 536 g/mol. The van der Waals surface area contributed by atoms with E-state index in [0.29, 0.717) is 24.9 Å². The van der Waals surface area contributed by atoms with Crippen molar-refractivity contribution in [2.45, 2.75) is 63.1 Å². The number of fused-ring (bicyclic) bond motifs is 7. The van der Waals surface area contributed by atoms with Gasteiger partial charge in [0.2, 0.25) is 11.8 Å². The van der Waals surface area contributed by atoms with Crippen molar-refractivity contribution in [1.29, 1.82) is 0 Å². The van der Waals surface area contributed by atoms with Gasteiger partial charge < -0.3 is 20.5 Å². The smallest absolute Gasteiger partial charge is 0.255 e. The number of aromatic nitrogens is 1. The van der Waals surface area contributed by atoms with Crippen LogP contribution >= 0.6 is 0 Å². The molecule has 2 aliphatic heterocycles. The van der Waals surface area contributed by atoms with Gasteiger partial charge in [0, 0.05) is 41.5 Å². The van der Waals surface area contributed by atoms with E-state index in [1.165, 1.54) is 18.4 Å². The van der Waals surface area contributed by atoms with Gasteiger partial charge in [-0.15, -0.1) is 0 Å². The molecule has 7 heteroatoms. The molecule has 4 aromatic rings. The van der Waals surface area contributed by atoms with Gasteiger partial charge >= 0.3 is 0 Å². The van der Waals surface area contributed by atoms with E-state index >= 15 is 0 Å². The van der Waals surface area contributed by atoms with E-state index in [1.54, 1.807) is 4.90 Å². The molecule has 0 unspecified atom stereocenters. The van der Waals surface area contributed by atoms with Crippen LogP contribution in [0.4, 0.5) is 0 Å².